The number of fused-ring (bicyclic) bond motifs is 3. The van der Waals surface area contributed by atoms with Crippen LogP contribution < -0.4 is 0 Å². The Morgan fingerprint density at radius 1 is 0.861 bits per heavy atom. The molecule has 0 aliphatic carbocycles. The van der Waals surface area contributed by atoms with Crippen LogP contribution in [0, 0.1) is 0 Å². The molecule has 6 nitrogen and oxygen atoms in total. The van der Waals surface area contributed by atoms with Crippen LogP contribution in [0.25, 0.3) is 0 Å². The molecule has 0 radical (unpaired) electrons. The van der Waals surface area contributed by atoms with Gasteiger partial charge in [-0.3, -0.25) is 9.69 Å². The zero-order valence-corrected chi connectivity index (χ0v) is 20.4. The number of morpholine rings is 1. The minimum Gasteiger partial charge on any atom is -0.466 e. The smallest absolute Gasteiger partial charge is 0.255 e. The van der Waals surface area contributed by atoms with E-state index in [9.17, 15) is 4.79 Å². The monoisotopic (exact) mass is 481 g/mol. The maximum absolute atomic E-state index is 14.6. The molecular weight excluding hydrogens is 450 g/mol. The lowest BCUT2D eigenvalue weighted by molar-refractivity contribution is -0.140. The molecule has 1 fully saturated rings. The lowest BCUT2D eigenvalue weighted by Crippen LogP contribution is -2.51. The molecule has 184 valence electrons. The average molecular weight is 482 g/mol. The molecule has 2 atom stereocenters. The van der Waals surface area contributed by atoms with Gasteiger partial charge in [-0.1, -0.05) is 72.8 Å². The van der Waals surface area contributed by atoms with Crippen molar-refractivity contribution in [2.45, 2.75) is 24.6 Å². The quantitative estimate of drug-likeness (QED) is 0.537. The van der Waals surface area contributed by atoms with E-state index >= 15 is 0 Å². The van der Waals surface area contributed by atoms with Crippen LogP contribution in [0.3, 0.4) is 0 Å². The SMILES string of the molecule is O=C1N(CCN2CCOCC2)Cc2ccccc2[C@@H]2OC(c3ccccc3)=N[C@]12Cc1ccccc1. The zero-order chi connectivity index (χ0) is 24.4. The predicted molar refractivity (Wildman–Crippen MR) is 139 cm³/mol. The average Bonchev–Trinajstić information content (AvgIpc) is 3.29. The first-order chi connectivity index (χ1) is 17.7. The molecule has 0 spiro atoms. The highest BCUT2D eigenvalue weighted by molar-refractivity contribution is 6.01. The number of carbonyl (C=O) groups excluding carboxylic acids is 1. The zero-order valence-electron chi connectivity index (χ0n) is 20.4. The molecule has 36 heavy (non-hydrogen) atoms. The van der Waals surface area contributed by atoms with Crippen LogP contribution in [0.4, 0.5) is 0 Å². The third kappa shape index (κ3) is 4.31. The van der Waals surface area contributed by atoms with Crippen molar-refractivity contribution in [3.8, 4) is 0 Å². The number of aliphatic imine (C=N–C) groups is 1. The van der Waals surface area contributed by atoms with E-state index in [0.29, 0.717) is 25.4 Å². The predicted octanol–water partition coefficient (Wildman–Crippen LogP) is 3.86. The number of hydrogen-bond acceptors (Lipinski definition) is 5. The fourth-order valence-electron chi connectivity index (χ4n) is 5.54. The largest absolute Gasteiger partial charge is 0.466 e. The van der Waals surface area contributed by atoms with Gasteiger partial charge in [0.1, 0.15) is 0 Å². The van der Waals surface area contributed by atoms with Crippen molar-refractivity contribution in [2.24, 2.45) is 4.99 Å². The minimum absolute atomic E-state index is 0.0340. The lowest BCUT2D eigenvalue weighted by atomic mass is 9.81. The molecule has 3 aromatic rings. The van der Waals surface area contributed by atoms with Crippen molar-refractivity contribution in [3.63, 3.8) is 0 Å². The maximum Gasteiger partial charge on any atom is 0.255 e. The molecule has 0 N–H and O–H groups in total. The van der Waals surface area contributed by atoms with Crippen molar-refractivity contribution in [1.82, 2.24) is 9.80 Å². The summed E-state index contributed by atoms with van der Waals surface area (Å²) < 4.78 is 12.1. The van der Waals surface area contributed by atoms with E-state index in [1.54, 1.807) is 0 Å². The van der Waals surface area contributed by atoms with Crippen molar-refractivity contribution in [3.05, 3.63) is 107 Å². The summed E-state index contributed by atoms with van der Waals surface area (Å²) in [7, 11) is 0. The summed E-state index contributed by atoms with van der Waals surface area (Å²) >= 11 is 0. The highest BCUT2D eigenvalue weighted by atomic mass is 16.5. The molecule has 1 saturated heterocycles. The van der Waals surface area contributed by atoms with Crippen LogP contribution in [-0.2, 0) is 27.2 Å². The van der Waals surface area contributed by atoms with Crippen LogP contribution in [0.15, 0.2) is 89.9 Å². The van der Waals surface area contributed by atoms with Gasteiger partial charge in [-0.05, 0) is 23.3 Å². The fourth-order valence-corrected chi connectivity index (χ4v) is 5.54. The van der Waals surface area contributed by atoms with Crippen molar-refractivity contribution < 1.29 is 14.3 Å². The molecule has 3 aliphatic rings. The van der Waals surface area contributed by atoms with Crippen LogP contribution in [0.5, 0.6) is 0 Å². The number of amides is 1. The van der Waals surface area contributed by atoms with Gasteiger partial charge < -0.3 is 14.4 Å². The fraction of sp³-hybridized carbons (Fsp3) is 0.333. The molecule has 0 bridgehead atoms. The molecule has 6 heteroatoms. The normalized spacial score (nSPS) is 23.9. The Kier molecular flexibility index (Phi) is 6.30. The Morgan fingerprint density at radius 2 is 1.56 bits per heavy atom. The van der Waals surface area contributed by atoms with Crippen LogP contribution in [-0.4, -0.2) is 66.5 Å². The second-order valence-electron chi connectivity index (χ2n) is 9.75. The van der Waals surface area contributed by atoms with Gasteiger partial charge in [0.15, 0.2) is 11.6 Å². The summed E-state index contributed by atoms with van der Waals surface area (Å²) in [6, 6.07) is 28.4. The van der Waals surface area contributed by atoms with Crippen molar-refractivity contribution in [1.29, 1.82) is 0 Å². The molecule has 1 amide bonds. The first-order valence-electron chi connectivity index (χ1n) is 12.8. The molecule has 6 rings (SSSR count). The van der Waals surface area contributed by atoms with E-state index in [0.717, 1.165) is 55.1 Å². The first-order valence-corrected chi connectivity index (χ1v) is 12.8. The molecule has 0 saturated carbocycles. The summed E-state index contributed by atoms with van der Waals surface area (Å²) in [6.45, 7) is 5.31. The molecule has 3 aliphatic heterocycles. The van der Waals surface area contributed by atoms with E-state index in [1.165, 1.54) is 0 Å². The van der Waals surface area contributed by atoms with E-state index in [-0.39, 0.29) is 5.91 Å². The minimum atomic E-state index is -1.07. The van der Waals surface area contributed by atoms with Crippen LogP contribution in [0.1, 0.15) is 28.4 Å². The standard InChI is InChI=1S/C30H31N3O3/c34-29-30(21-23-9-3-1-4-10-23)27(36-28(31-30)24-11-5-2-6-12-24)26-14-8-7-13-25(26)22-33(29)16-15-32-17-19-35-20-18-32/h1-14,27H,15-22H2/t27-,30-/m0/s1. The summed E-state index contributed by atoms with van der Waals surface area (Å²) in [5.74, 6) is 0.571. The number of hydrogen-bond donors (Lipinski definition) is 0. The van der Waals surface area contributed by atoms with Gasteiger partial charge >= 0.3 is 0 Å². The highest BCUT2D eigenvalue weighted by Gasteiger charge is 2.56. The number of benzene rings is 3. The second kappa shape index (κ2) is 9.88. The van der Waals surface area contributed by atoms with Gasteiger partial charge in [-0.2, -0.15) is 0 Å². The third-order valence-corrected chi connectivity index (χ3v) is 7.45. The number of carbonyl (C=O) groups is 1. The van der Waals surface area contributed by atoms with Crippen molar-refractivity contribution in [2.75, 3.05) is 39.4 Å². The number of rotatable bonds is 6. The van der Waals surface area contributed by atoms with E-state index in [2.05, 4.69) is 29.2 Å². The van der Waals surface area contributed by atoms with Crippen molar-refractivity contribution >= 4 is 11.8 Å². The van der Waals surface area contributed by atoms with Gasteiger partial charge in [-0.15, -0.1) is 0 Å². The Bertz CT molecular complexity index is 1240. The topological polar surface area (TPSA) is 54.4 Å². The maximum atomic E-state index is 14.6. The summed E-state index contributed by atoms with van der Waals surface area (Å²) in [6.07, 6.45) is 0.000722. The Hall–Kier alpha value is -3.48. The van der Waals surface area contributed by atoms with E-state index < -0.39 is 11.6 Å². The Labute approximate surface area is 212 Å². The third-order valence-electron chi connectivity index (χ3n) is 7.45. The van der Waals surface area contributed by atoms with Crippen LogP contribution >= 0.6 is 0 Å². The second-order valence-corrected chi connectivity index (χ2v) is 9.75. The van der Waals surface area contributed by atoms with Gasteiger partial charge in [0.05, 0.1) is 13.2 Å². The summed E-state index contributed by atoms with van der Waals surface area (Å²) in [5, 5.41) is 0. The summed E-state index contributed by atoms with van der Waals surface area (Å²) in [5.41, 5.74) is 3.07. The molecule has 0 aromatic heterocycles. The molecule has 3 aromatic carbocycles. The summed E-state index contributed by atoms with van der Waals surface area (Å²) in [4.78, 5) is 24.1. The van der Waals surface area contributed by atoms with Gasteiger partial charge in [0, 0.05) is 50.3 Å². The Morgan fingerprint density at radius 3 is 2.33 bits per heavy atom. The van der Waals surface area contributed by atoms with Gasteiger partial charge in [0.25, 0.3) is 5.91 Å². The van der Waals surface area contributed by atoms with Gasteiger partial charge in [0.2, 0.25) is 5.90 Å². The van der Waals surface area contributed by atoms with E-state index in [4.69, 9.17) is 14.5 Å². The number of ether oxygens (including phenoxy) is 2. The molecule has 0 unspecified atom stereocenters. The van der Waals surface area contributed by atoms with E-state index in [1.807, 2.05) is 65.6 Å². The van der Waals surface area contributed by atoms with Crippen LogP contribution in [0.2, 0.25) is 0 Å². The highest BCUT2D eigenvalue weighted by Crippen LogP contribution is 2.46. The number of nitrogens with zero attached hydrogens (tertiary/aromatic N) is 3. The Balaban J connectivity index is 1.43. The lowest BCUT2D eigenvalue weighted by Gasteiger charge is -2.34. The van der Waals surface area contributed by atoms with Gasteiger partial charge in [-0.25, -0.2) is 4.99 Å². The molecule has 3 heterocycles. The first kappa shape index (κ1) is 23.0. The molecular formula is C30H31N3O3.